The molecule has 0 fully saturated rings. The third kappa shape index (κ3) is 10.7. The van der Waals surface area contributed by atoms with Crippen LogP contribution in [0, 0.1) is 0 Å². The molecule has 6 heteroatoms. The largest absolute Gasteiger partial charge is 0.331 e. The van der Waals surface area contributed by atoms with Crippen LogP contribution in [0.1, 0.15) is 25.7 Å². The molecule has 0 radical (unpaired) electrons. The molecular weight excluding hydrogens is 246 g/mol. The molecule has 0 rings (SSSR count). The van der Waals surface area contributed by atoms with Crippen LogP contribution in [-0.2, 0) is 13.3 Å². The van der Waals surface area contributed by atoms with Gasteiger partial charge in [0.2, 0.25) is 0 Å². The van der Waals surface area contributed by atoms with Crippen molar-refractivity contribution in [2.45, 2.75) is 25.7 Å². The third-order valence-corrected chi connectivity index (χ3v) is 4.53. The highest BCUT2D eigenvalue weighted by molar-refractivity contribution is 8.70. The Morgan fingerprint density at radius 1 is 1.06 bits per heavy atom. The Labute approximate surface area is 103 Å². The topological polar surface area (TPSA) is 43.4 Å². The lowest BCUT2D eigenvalue weighted by Crippen LogP contribution is -2.35. The highest BCUT2D eigenvalue weighted by atomic mass is 33.1. The van der Waals surface area contributed by atoms with Gasteiger partial charge in [0.1, 0.15) is 0 Å². The minimum atomic E-state index is -3.32. The summed E-state index contributed by atoms with van der Waals surface area (Å²) in [6, 6.07) is 0. The summed E-state index contributed by atoms with van der Waals surface area (Å²) in [6.45, 7) is 1.47. The molecule has 0 amide bonds. The van der Waals surface area contributed by atoms with Crippen LogP contribution in [0.5, 0.6) is 0 Å². The maximum absolute atomic E-state index is 11.0. The first-order valence-electron chi connectivity index (χ1n) is 5.52. The van der Waals surface area contributed by atoms with Crippen molar-refractivity contribution in [3.05, 3.63) is 0 Å². The molecule has 0 spiro atoms. The van der Waals surface area contributed by atoms with Gasteiger partial charge in [0.05, 0.1) is 34.3 Å². The highest BCUT2D eigenvalue weighted by Gasteiger charge is 2.08. The summed E-state index contributed by atoms with van der Waals surface area (Å²) < 4.78 is 27.7. The molecule has 0 unspecified atom stereocenters. The van der Waals surface area contributed by atoms with E-state index in [9.17, 15) is 8.42 Å². The fourth-order valence-corrected chi connectivity index (χ4v) is 2.16. The summed E-state index contributed by atoms with van der Waals surface area (Å²) in [5.74, 6) is 0. The summed E-state index contributed by atoms with van der Waals surface area (Å²) in [5.41, 5.74) is 0. The second-order valence-electron chi connectivity index (χ2n) is 4.83. The molecule has 0 aliphatic rings. The van der Waals surface area contributed by atoms with E-state index in [1.54, 1.807) is 0 Å². The minimum Gasteiger partial charge on any atom is -0.331 e. The monoisotopic (exact) mass is 270 g/mol. The van der Waals surface area contributed by atoms with Gasteiger partial charge >= 0.3 is 9.15 Å². The second-order valence-corrected chi connectivity index (χ2v) is 8.44. The summed E-state index contributed by atoms with van der Waals surface area (Å²) in [5, 5.41) is 0. The molecule has 0 heterocycles. The molecule has 0 aromatic rings. The highest BCUT2D eigenvalue weighted by Crippen LogP contribution is 2.11. The van der Waals surface area contributed by atoms with Gasteiger partial charge in [-0.05, 0) is 36.3 Å². The van der Waals surface area contributed by atoms with Gasteiger partial charge < -0.3 is 4.48 Å². The predicted octanol–water partition coefficient (Wildman–Crippen LogP) is 1.88. The molecule has 0 aromatic carbocycles. The van der Waals surface area contributed by atoms with E-state index >= 15 is 0 Å². The van der Waals surface area contributed by atoms with E-state index in [1.165, 1.54) is 12.7 Å². The van der Waals surface area contributed by atoms with Crippen LogP contribution in [0.2, 0.25) is 0 Å². The lowest BCUT2D eigenvalue weighted by molar-refractivity contribution is -0.870. The molecular formula is C10H24NO3S2+. The van der Waals surface area contributed by atoms with Crippen LogP contribution in [0.3, 0.4) is 0 Å². The number of nitrogens with zero attached hydrogens (tertiary/aromatic N) is 1. The average Bonchev–Trinajstić information content (AvgIpc) is 2.14. The molecule has 0 atom stereocenters. The van der Waals surface area contributed by atoms with Gasteiger partial charge in [0, 0.05) is 0 Å². The lowest BCUT2D eigenvalue weighted by Gasteiger charge is -2.23. The van der Waals surface area contributed by atoms with Crippen molar-refractivity contribution in [3.63, 3.8) is 0 Å². The molecule has 4 nitrogen and oxygen atoms in total. The second kappa shape index (κ2) is 7.53. The van der Waals surface area contributed by atoms with E-state index in [2.05, 4.69) is 21.1 Å². The first-order valence-corrected chi connectivity index (χ1v) is 8.67. The first-order chi connectivity index (χ1) is 7.27. The number of hydrogen-bond donors (Lipinski definition) is 0. The molecule has 0 saturated carbocycles. The van der Waals surface area contributed by atoms with Crippen molar-refractivity contribution >= 4 is 19.9 Å². The maximum atomic E-state index is 11.0. The number of rotatable bonds is 9. The Morgan fingerprint density at radius 2 is 1.62 bits per heavy atom. The standard InChI is InChI=1S/C10H24NO3S2/c1-11(2,3)9-7-5-6-8-10-14-16(12,13)15-4/h5-10H2,1-4H3/q+1. The number of unbranched alkanes of at least 4 members (excludes halogenated alkanes) is 3. The Balaban J connectivity index is 3.36. The zero-order valence-electron chi connectivity index (χ0n) is 10.7. The molecule has 0 aliphatic carbocycles. The SMILES string of the molecule is CSS(=O)(=O)OCCCCCC[N+](C)(C)C. The normalized spacial score (nSPS) is 13.0. The summed E-state index contributed by atoms with van der Waals surface area (Å²) in [7, 11) is 3.95. The van der Waals surface area contributed by atoms with Crippen molar-refractivity contribution in [1.82, 2.24) is 0 Å². The van der Waals surface area contributed by atoms with Crippen molar-refractivity contribution in [2.75, 3.05) is 40.6 Å². The van der Waals surface area contributed by atoms with Gasteiger partial charge in [-0.2, -0.15) is 8.42 Å². The molecule has 0 saturated heterocycles. The van der Waals surface area contributed by atoms with Gasteiger partial charge in [0.15, 0.2) is 0 Å². The molecule has 0 aliphatic heterocycles. The molecule has 98 valence electrons. The van der Waals surface area contributed by atoms with Crippen LogP contribution in [0.25, 0.3) is 0 Å². The van der Waals surface area contributed by atoms with Gasteiger partial charge in [-0.15, -0.1) is 0 Å². The fourth-order valence-electron chi connectivity index (χ4n) is 1.25. The third-order valence-electron chi connectivity index (χ3n) is 2.16. The molecule has 16 heavy (non-hydrogen) atoms. The summed E-state index contributed by atoms with van der Waals surface area (Å²) in [4.78, 5) is 0. The first kappa shape index (κ1) is 16.2. The van der Waals surface area contributed by atoms with Gasteiger partial charge in [-0.1, -0.05) is 6.42 Å². The van der Waals surface area contributed by atoms with Crippen LogP contribution >= 0.6 is 10.8 Å². The Morgan fingerprint density at radius 3 is 2.12 bits per heavy atom. The Kier molecular flexibility index (Phi) is 7.63. The van der Waals surface area contributed by atoms with Crippen molar-refractivity contribution in [2.24, 2.45) is 0 Å². The summed E-state index contributed by atoms with van der Waals surface area (Å²) >= 11 is 0. The number of quaternary nitrogens is 1. The van der Waals surface area contributed by atoms with Crippen molar-refractivity contribution in [3.8, 4) is 0 Å². The van der Waals surface area contributed by atoms with Crippen LogP contribution in [-0.4, -0.2) is 53.5 Å². The van der Waals surface area contributed by atoms with Crippen molar-refractivity contribution < 1.29 is 17.1 Å². The molecule has 0 bridgehead atoms. The van der Waals surface area contributed by atoms with Gasteiger partial charge in [0.25, 0.3) is 0 Å². The predicted molar refractivity (Wildman–Crippen MR) is 69.8 cm³/mol. The lowest BCUT2D eigenvalue weighted by atomic mass is 10.2. The van der Waals surface area contributed by atoms with E-state index in [0.29, 0.717) is 6.61 Å². The van der Waals surface area contributed by atoms with Gasteiger partial charge in [-0.3, -0.25) is 4.18 Å². The average molecular weight is 270 g/mol. The van der Waals surface area contributed by atoms with E-state index < -0.39 is 9.15 Å². The van der Waals surface area contributed by atoms with Crippen molar-refractivity contribution in [1.29, 1.82) is 0 Å². The van der Waals surface area contributed by atoms with Crippen LogP contribution in [0.4, 0.5) is 0 Å². The molecule has 0 aromatic heterocycles. The fraction of sp³-hybridized carbons (Fsp3) is 1.00. The Hall–Kier alpha value is 0.220. The molecule has 0 N–H and O–H groups in total. The zero-order valence-corrected chi connectivity index (χ0v) is 12.4. The number of hydrogen-bond acceptors (Lipinski definition) is 4. The van der Waals surface area contributed by atoms with E-state index in [4.69, 9.17) is 4.18 Å². The summed E-state index contributed by atoms with van der Waals surface area (Å²) in [6.07, 6.45) is 5.67. The van der Waals surface area contributed by atoms with E-state index in [1.807, 2.05) is 0 Å². The van der Waals surface area contributed by atoms with Crippen LogP contribution < -0.4 is 0 Å². The zero-order chi connectivity index (χ0) is 12.7. The smallest absolute Gasteiger partial charge is 0.321 e. The van der Waals surface area contributed by atoms with E-state index in [0.717, 1.165) is 41.1 Å². The minimum absolute atomic E-state index is 0.313. The van der Waals surface area contributed by atoms with Crippen LogP contribution in [0.15, 0.2) is 0 Å². The maximum Gasteiger partial charge on any atom is 0.321 e. The quantitative estimate of drug-likeness (QED) is 0.364. The van der Waals surface area contributed by atoms with Gasteiger partial charge in [-0.25, -0.2) is 0 Å². The Bertz CT molecular complexity index is 270. The van der Waals surface area contributed by atoms with E-state index in [-0.39, 0.29) is 0 Å².